The van der Waals surface area contributed by atoms with Crippen LogP contribution in [0, 0.1) is 11.8 Å². The van der Waals surface area contributed by atoms with Gasteiger partial charge in [-0.3, -0.25) is 4.79 Å². The van der Waals surface area contributed by atoms with E-state index in [9.17, 15) is 4.79 Å². The number of benzene rings is 1. The van der Waals surface area contributed by atoms with Crippen molar-refractivity contribution in [3.63, 3.8) is 0 Å². The van der Waals surface area contributed by atoms with E-state index in [2.05, 4.69) is 38.3 Å². The molecule has 1 saturated carbocycles. The van der Waals surface area contributed by atoms with Crippen LogP contribution in [0.15, 0.2) is 35.1 Å². The molecule has 0 bridgehead atoms. The van der Waals surface area contributed by atoms with Gasteiger partial charge in [0.15, 0.2) is 0 Å². The van der Waals surface area contributed by atoms with Gasteiger partial charge in [-0.2, -0.15) is 0 Å². The van der Waals surface area contributed by atoms with E-state index in [-0.39, 0.29) is 11.8 Å². The Balaban J connectivity index is 1.93. The van der Waals surface area contributed by atoms with Crippen molar-refractivity contribution in [1.82, 2.24) is 14.8 Å². The molecular weight excluding hydrogens is 334 g/mol. The molecule has 1 aromatic carbocycles. The minimum absolute atomic E-state index is 0.0885. The van der Waals surface area contributed by atoms with Crippen LogP contribution in [0.2, 0.25) is 0 Å². The Morgan fingerprint density at radius 2 is 2.24 bits per heavy atom. The molecule has 6 heteroatoms. The third kappa shape index (κ3) is 2.72. The lowest BCUT2D eigenvalue weighted by atomic mass is 9.66. The van der Waals surface area contributed by atoms with Gasteiger partial charge in [-0.1, -0.05) is 28.1 Å². The summed E-state index contributed by atoms with van der Waals surface area (Å²) in [4.78, 5) is 11.1. The minimum Gasteiger partial charge on any atom is -0.481 e. The van der Waals surface area contributed by atoms with Crippen molar-refractivity contribution in [3.8, 4) is 0 Å². The molecule has 1 aliphatic rings. The lowest BCUT2D eigenvalue weighted by molar-refractivity contribution is -0.146. The fourth-order valence-electron chi connectivity index (χ4n) is 3.04. The molecule has 1 N–H and O–H groups in total. The zero-order chi connectivity index (χ0) is 15.0. The second-order valence-corrected chi connectivity index (χ2v) is 6.52. The van der Waals surface area contributed by atoms with Gasteiger partial charge >= 0.3 is 5.97 Å². The van der Waals surface area contributed by atoms with Crippen LogP contribution < -0.4 is 0 Å². The average Bonchev–Trinajstić information content (AvgIpc) is 2.78. The topological polar surface area (TPSA) is 68.0 Å². The largest absolute Gasteiger partial charge is 0.481 e. The summed E-state index contributed by atoms with van der Waals surface area (Å²) in [6.45, 7) is 0. The maximum atomic E-state index is 11.1. The van der Waals surface area contributed by atoms with Crippen molar-refractivity contribution >= 4 is 21.9 Å². The van der Waals surface area contributed by atoms with Crippen LogP contribution in [0.25, 0.3) is 0 Å². The molecule has 1 atom stereocenters. The molecule has 0 saturated heterocycles. The molecule has 1 heterocycles. The third-order valence-corrected chi connectivity index (χ3v) is 4.72. The molecule has 0 amide bonds. The molecule has 110 valence electrons. The van der Waals surface area contributed by atoms with E-state index in [1.54, 1.807) is 6.33 Å². The number of carboxylic acids is 1. The second-order valence-electron chi connectivity index (χ2n) is 5.60. The number of nitrogens with zero attached hydrogens (tertiary/aromatic N) is 3. The van der Waals surface area contributed by atoms with E-state index in [1.807, 2.05) is 23.7 Å². The summed E-state index contributed by atoms with van der Waals surface area (Å²) in [5.74, 6) is 0.353. The van der Waals surface area contributed by atoms with Crippen molar-refractivity contribution in [2.24, 2.45) is 18.9 Å². The standard InChI is InChI=1S/C15H16BrN3O2/c1-19-8-17-18-14(19)13(9-3-2-4-12(16)7-9)10-5-11(6-10)15(20)21/h2-4,7-8,10-11,13H,5-6H2,1H3,(H,20,21). The Hall–Kier alpha value is -1.69. The van der Waals surface area contributed by atoms with Gasteiger partial charge in [-0.05, 0) is 36.5 Å². The summed E-state index contributed by atoms with van der Waals surface area (Å²) in [6, 6.07) is 8.12. The van der Waals surface area contributed by atoms with E-state index in [1.165, 1.54) is 0 Å². The zero-order valence-electron chi connectivity index (χ0n) is 11.6. The van der Waals surface area contributed by atoms with Crippen molar-refractivity contribution in [3.05, 3.63) is 46.5 Å². The predicted molar refractivity (Wildman–Crippen MR) is 80.8 cm³/mol. The maximum absolute atomic E-state index is 11.1. The van der Waals surface area contributed by atoms with Crippen LogP contribution in [0.5, 0.6) is 0 Å². The highest BCUT2D eigenvalue weighted by atomic mass is 79.9. The van der Waals surface area contributed by atoms with Gasteiger partial charge in [0.25, 0.3) is 0 Å². The number of hydrogen-bond donors (Lipinski definition) is 1. The molecule has 3 rings (SSSR count). The molecule has 0 radical (unpaired) electrons. The van der Waals surface area contributed by atoms with Gasteiger partial charge in [0.2, 0.25) is 0 Å². The first-order chi connectivity index (χ1) is 10.1. The first-order valence-corrected chi connectivity index (χ1v) is 7.67. The van der Waals surface area contributed by atoms with E-state index in [0.29, 0.717) is 18.8 Å². The number of halogens is 1. The van der Waals surface area contributed by atoms with Crippen LogP contribution in [0.1, 0.15) is 30.1 Å². The molecule has 2 aromatic rings. The molecule has 0 aliphatic heterocycles. The Morgan fingerprint density at radius 3 is 2.81 bits per heavy atom. The van der Waals surface area contributed by atoms with Crippen molar-refractivity contribution < 1.29 is 9.90 Å². The number of aliphatic carboxylic acids is 1. The van der Waals surface area contributed by atoms with E-state index < -0.39 is 5.97 Å². The average molecular weight is 350 g/mol. The Kier molecular flexibility index (Phi) is 3.80. The minimum atomic E-state index is -0.697. The van der Waals surface area contributed by atoms with Gasteiger partial charge in [-0.25, -0.2) is 0 Å². The summed E-state index contributed by atoms with van der Waals surface area (Å²) < 4.78 is 2.93. The number of hydrogen-bond acceptors (Lipinski definition) is 3. The van der Waals surface area contributed by atoms with Crippen molar-refractivity contribution in [2.45, 2.75) is 18.8 Å². The highest BCUT2D eigenvalue weighted by Gasteiger charge is 2.41. The van der Waals surface area contributed by atoms with Crippen molar-refractivity contribution in [2.75, 3.05) is 0 Å². The molecular formula is C15H16BrN3O2. The summed E-state index contributed by atoms with van der Waals surface area (Å²) in [5, 5.41) is 17.3. The summed E-state index contributed by atoms with van der Waals surface area (Å²) in [6.07, 6.45) is 3.08. The van der Waals surface area contributed by atoms with Crippen LogP contribution in [0.4, 0.5) is 0 Å². The van der Waals surface area contributed by atoms with Gasteiger partial charge in [0.05, 0.1) is 5.92 Å². The van der Waals surface area contributed by atoms with Gasteiger partial charge < -0.3 is 9.67 Å². The van der Waals surface area contributed by atoms with Crippen LogP contribution in [-0.2, 0) is 11.8 Å². The Morgan fingerprint density at radius 1 is 1.48 bits per heavy atom. The Bertz CT molecular complexity index is 664. The Labute approximate surface area is 131 Å². The lowest BCUT2D eigenvalue weighted by Crippen LogP contribution is -2.35. The molecule has 5 nitrogen and oxygen atoms in total. The monoisotopic (exact) mass is 349 g/mol. The van der Waals surface area contributed by atoms with Gasteiger partial charge in [-0.15, -0.1) is 10.2 Å². The normalized spacial score (nSPS) is 22.6. The van der Waals surface area contributed by atoms with Gasteiger partial charge in [0, 0.05) is 17.4 Å². The van der Waals surface area contributed by atoms with Crippen molar-refractivity contribution in [1.29, 1.82) is 0 Å². The molecule has 1 fully saturated rings. The lowest BCUT2D eigenvalue weighted by Gasteiger charge is -2.38. The maximum Gasteiger partial charge on any atom is 0.306 e. The van der Waals surface area contributed by atoms with E-state index in [0.717, 1.165) is 15.9 Å². The highest BCUT2D eigenvalue weighted by molar-refractivity contribution is 9.10. The zero-order valence-corrected chi connectivity index (χ0v) is 13.2. The molecule has 1 aliphatic carbocycles. The first kappa shape index (κ1) is 14.3. The number of rotatable bonds is 4. The van der Waals surface area contributed by atoms with E-state index >= 15 is 0 Å². The SMILES string of the molecule is Cn1cnnc1C(c1cccc(Br)c1)C1CC(C(=O)O)C1. The van der Waals surface area contributed by atoms with Crippen LogP contribution in [-0.4, -0.2) is 25.8 Å². The molecule has 21 heavy (non-hydrogen) atoms. The smallest absolute Gasteiger partial charge is 0.306 e. The highest BCUT2D eigenvalue weighted by Crippen LogP contribution is 2.46. The molecule has 0 spiro atoms. The van der Waals surface area contributed by atoms with Crippen LogP contribution in [0.3, 0.4) is 0 Å². The summed E-state index contributed by atoms with van der Waals surface area (Å²) in [7, 11) is 1.92. The quantitative estimate of drug-likeness (QED) is 0.921. The second kappa shape index (κ2) is 5.60. The number of aryl methyl sites for hydroxylation is 1. The predicted octanol–water partition coefficient (Wildman–Crippen LogP) is 2.82. The molecule has 1 aromatic heterocycles. The van der Waals surface area contributed by atoms with E-state index in [4.69, 9.17) is 5.11 Å². The number of carboxylic acid groups (broad SMARTS) is 1. The summed E-state index contributed by atoms with van der Waals surface area (Å²) in [5.41, 5.74) is 1.15. The fraction of sp³-hybridized carbons (Fsp3) is 0.400. The first-order valence-electron chi connectivity index (χ1n) is 6.88. The molecule has 1 unspecified atom stereocenters. The van der Waals surface area contributed by atoms with Gasteiger partial charge in [0.1, 0.15) is 12.2 Å². The number of carbonyl (C=O) groups is 1. The fourth-order valence-corrected chi connectivity index (χ4v) is 3.46. The van der Waals surface area contributed by atoms with Crippen LogP contribution >= 0.6 is 15.9 Å². The third-order valence-electron chi connectivity index (χ3n) is 4.23. The number of aromatic nitrogens is 3. The summed E-state index contributed by atoms with van der Waals surface area (Å²) >= 11 is 3.50.